The standard InChI is InChI=1S/C22H34N2O3.ClH/c1-2-3-16-26-19-11-9-10-18(17-19)23-22(25)27-21-13-6-5-12-20(21)24-14-7-4-8-15-24;/h9-11,17,20-21H,2-8,12-16H2,1H3,(H,23,25);1H. The monoisotopic (exact) mass is 410 g/mol. The number of hydrogen-bond acceptors (Lipinski definition) is 3. The zero-order valence-electron chi connectivity index (χ0n) is 17.1. The zero-order valence-corrected chi connectivity index (χ0v) is 17.8. The Kier molecular flexibility index (Phi) is 9.93. The average Bonchev–Trinajstić information content (AvgIpc) is 2.69. The van der Waals surface area contributed by atoms with Gasteiger partial charge in [0.2, 0.25) is 0 Å². The molecule has 0 aromatic heterocycles. The van der Waals surface area contributed by atoms with E-state index in [4.69, 9.17) is 9.47 Å². The summed E-state index contributed by atoms with van der Waals surface area (Å²) in [4.78, 5) is 14.1. The van der Waals surface area contributed by atoms with Crippen LogP contribution in [-0.4, -0.2) is 37.9 Å². The number of quaternary nitrogens is 1. The van der Waals surface area contributed by atoms with Gasteiger partial charge in [-0.15, -0.1) is 0 Å². The van der Waals surface area contributed by atoms with Crippen molar-refractivity contribution in [2.24, 2.45) is 0 Å². The first-order valence-electron chi connectivity index (χ1n) is 10.8. The summed E-state index contributed by atoms with van der Waals surface area (Å²) in [6.07, 6.45) is 10.4. The van der Waals surface area contributed by atoms with Crippen LogP contribution in [-0.2, 0) is 4.74 Å². The number of anilines is 1. The van der Waals surface area contributed by atoms with E-state index in [2.05, 4.69) is 12.2 Å². The predicted molar refractivity (Wildman–Crippen MR) is 108 cm³/mol. The Balaban J connectivity index is 0.00000280. The van der Waals surface area contributed by atoms with Gasteiger partial charge < -0.3 is 26.8 Å². The Labute approximate surface area is 175 Å². The molecule has 1 amide bonds. The lowest BCUT2D eigenvalue weighted by Gasteiger charge is -2.38. The van der Waals surface area contributed by atoms with E-state index < -0.39 is 0 Å². The highest BCUT2D eigenvalue weighted by atomic mass is 35.5. The van der Waals surface area contributed by atoms with Gasteiger partial charge in [0.05, 0.1) is 19.7 Å². The normalized spacial score (nSPS) is 22.8. The van der Waals surface area contributed by atoms with E-state index in [0.717, 1.165) is 37.1 Å². The van der Waals surface area contributed by atoms with Crippen molar-refractivity contribution in [2.45, 2.75) is 76.9 Å². The molecular weight excluding hydrogens is 376 g/mol. The first-order chi connectivity index (χ1) is 13.3. The molecule has 2 aliphatic rings. The number of ether oxygens (including phenoxy) is 2. The van der Waals surface area contributed by atoms with Crippen LogP contribution in [0.3, 0.4) is 0 Å². The summed E-state index contributed by atoms with van der Waals surface area (Å²) in [6, 6.07) is 8.03. The highest BCUT2D eigenvalue weighted by Crippen LogP contribution is 2.22. The molecule has 2 unspecified atom stereocenters. The van der Waals surface area contributed by atoms with Gasteiger partial charge in [0.25, 0.3) is 0 Å². The summed E-state index contributed by atoms with van der Waals surface area (Å²) in [6.45, 7) is 5.29. The van der Waals surface area contributed by atoms with E-state index in [0.29, 0.717) is 12.6 Å². The lowest BCUT2D eigenvalue weighted by atomic mass is 9.90. The van der Waals surface area contributed by atoms with Crippen LogP contribution in [0.25, 0.3) is 0 Å². The van der Waals surface area contributed by atoms with Gasteiger partial charge in [-0.1, -0.05) is 19.4 Å². The van der Waals surface area contributed by atoms with Crippen molar-refractivity contribution >= 4 is 11.8 Å². The molecule has 6 heteroatoms. The van der Waals surface area contributed by atoms with Gasteiger partial charge >= 0.3 is 6.09 Å². The van der Waals surface area contributed by atoms with Crippen molar-refractivity contribution in [3.63, 3.8) is 0 Å². The molecule has 1 aromatic rings. The van der Waals surface area contributed by atoms with Crippen LogP contribution in [0.5, 0.6) is 5.75 Å². The van der Waals surface area contributed by atoms with Gasteiger partial charge in [-0.25, -0.2) is 4.79 Å². The minimum atomic E-state index is -0.339. The van der Waals surface area contributed by atoms with Crippen molar-refractivity contribution in [1.29, 1.82) is 0 Å². The largest absolute Gasteiger partial charge is 1.00 e. The van der Waals surface area contributed by atoms with Crippen LogP contribution in [0.4, 0.5) is 10.5 Å². The van der Waals surface area contributed by atoms with E-state index in [1.54, 1.807) is 4.90 Å². The number of carbonyl (C=O) groups is 1. The van der Waals surface area contributed by atoms with Crippen molar-refractivity contribution in [3.05, 3.63) is 24.3 Å². The van der Waals surface area contributed by atoms with E-state index in [9.17, 15) is 4.79 Å². The number of likely N-dealkylation sites (tertiary alicyclic amines) is 1. The molecule has 1 aliphatic heterocycles. The summed E-state index contributed by atoms with van der Waals surface area (Å²) in [5.74, 6) is 0.787. The lowest BCUT2D eigenvalue weighted by Crippen LogP contribution is -3.17. The number of carbonyl (C=O) groups excluding carboxylic acids is 1. The molecule has 1 saturated carbocycles. The summed E-state index contributed by atoms with van der Waals surface area (Å²) in [5.41, 5.74) is 0.728. The van der Waals surface area contributed by atoms with Gasteiger partial charge in [0.15, 0.2) is 6.10 Å². The SMILES string of the molecule is CCCCOc1cccc(NC(=O)OC2CCCCC2[NH+]2CCCCC2)c1.[Cl-]. The van der Waals surface area contributed by atoms with Gasteiger partial charge in [-0.05, 0) is 57.1 Å². The van der Waals surface area contributed by atoms with E-state index in [1.165, 1.54) is 45.2 Å². The number of benzene rings is 1. The highest BCUT2D eigenvalue weighted by molar-refractivity contribution is 5.85. The fourth-order valence-electron chi connectivity index (χ4n) is 4.36. The van der Waals surface area contributed by atoms with Crippen molar-refractivity contribution < 1.29 is 31.6 Å². The lowest BCUT2D eigenvalue weighted by molar-refractivity contribution is -0.934. The molecule has 0 spiro atoms. The fourth-order valence-corrected chi connectivity index (χ4v) is 4.36. The maximum absolute atomic E-state index is 12.5. The number of rotatable bonds is 7. The second-order valence-corrected chi connectivity index (χ2v) is 7.91. The average molecular weight is 411 g/mol. The molecule has 1 heterocycles. The number of nitrogens with one attached hydrogen (secondary N) is 2. The third-order valence-corrected chi connectivity index (χ3v) is 5.83. The Morgan fingerprint density at radius 3 is 2.71 bits per heavy atom. The van der Waals surface area contributed by atoms with Crippen LogP contribution in [0.15, 0.2) is 24.3 Å². The highest BCUT2D eigenvalue weighted by Gasteiger charge is 2.36. The van der Waals surface area contributed by atoms with Gasteiger partial charge in [-0.3, -0.25) is 5.32 Å². The van der Waals surface area contributed by atoms with Crippen LogP contribution in [0, 0.1) is 0 Å². The third-order valence-electron chi connectivity index (χ3n) is 5.83. The van der Waals surface area contributed by atoms with Crippen molar-refractivity contribution in [1.82, 2.24) is 0 Å². The molecule has 28 heavy (non-hydrogen) atoms. The first-order valence-corrected chi connectivity index (χ1v) is 10.8. The summed E-state index contributed by atoms with van der Waals surface area (Å²) < 4.78 is 11.6. The van der Waals surface area contributed by atoms with E-state index >= 15 is 0 Å². The minimum absolute atomic E-state index is 0. The Morgan fingerprint density at radius 1 is 1.14 bits per heavy atom. The topological polar surface area (TPSA) is 52.0 Å². The molecular formula is C22H35ClN2O3. The van der Waals surface area contributed by atoms with Crippen molar-refractivity contribution in [2.75, 3.05) is 25.0 Å². The number of amides is 1. The number of unbranched alkanes of at least 4 members (excludes halogenated alkanes) is 1. The molecule has 5 nitrogen and oxygen atoms in total. The van der Waals surface area contributed by atoms with Crippen LogP contribution in [0.1, 0.15) is 64.7 Å². The third kappa shape index (κ3) is 6.85. The number of hydrogen-bond donors (Lipinski definition) is 2. The maximum atomic E-state index is 12.5. The molecule has 1 aromatic carbocycles. The first kappa shape index (κ1) is 22.8. The fraction of sp³-hybridized carbons (Fsp3) is 0.682. The van der Waals surface area contributed by atoms with Crippen LogP contribution >= 0.6 is 0 Å². The van der Waals surface area contributed by atoms with E-state index in [1.807, 2.05) is 24.3 Å². The summed E-state index contributed by atoms with van der Waals surface area (Å²) in [5, 5.41) is 2.89. The smallest absolute Gasteiger partial charge is 0.412 e. The second-order valence-electron chi connectivity index (χ2n) is 7.91. The maximum Gasteiger partial charge on any atom is 0.412 e. The number of halogens is 1. The van der Waals surface area contributed by atoms with Gasteiger partial charge in [0, 0.05) is 18.2 Å². The molecule has 1 saturated heterocycles. The minimum Gasteiger partial charge on any atom is -1.00 e. The molecule has 3 rings (SSSR count). The molecule has 2 N–H and O–H groups in total. The van der Waals surface area contributed by atoms with Crippen LogP contribution < -0.4 is 27.4 Å². The second kappa shape index (κ2) is 12.2. The Bertz CT molecular complexity index is 593. The molecule has 0 radical (unpaired) electrons. The zero-order chi connectivity index (χ0) is 18.9. The van der Waals surface area contributed by atoms with Gasteiger partial charge in [-0.2, -0.15) is 0 Å². The molecule has 2 atom stereocenters. The number of piperidine rings is 1. The molecule has 2 fully saturated rings. The molecule has 1 aliphatic carbocycles. The molecule has 158 valence electrons. The Hall–Kier alpha value is -1.46. The predicted octanol–water partition coefficient (Wildman–Crippen LogP) is 0.798. The van der Waals surface area contributed by atoms with Gasteiger partial charge in [0.1, 0.15) is 11.8 Å². The van der Waals surface area contributed by atoms with E-state index in [-0.39, 0.29) is 24.6 Å². The Morgan fingerprint density at radius 2 is 1.93 bits per heavy atom. The summed E-state index contributed by atoms with van der Waals surface area (Å²) >= 11 is 0. The summed E-state index contributed by atoms with van der Waals surface area (Å²) in [7, 11) is 0. The van der Waals surface area contributed by atoms with Crippen molar-refractivity contribution in [3.8, 4) is 5.75 Å². The van der Waals surface area contributed by atoms with Crippen LogP contribution in [0.2, 0.25) is 0 Å². The molecule has 0 bridgehead atoms. The quantitative estimate of drug-likeness (QED) is 0.654.